The molecule has 0 unspecified atom stereocenters. The molecule has 0 bridgehead atoms. The van der Waals surface area contributed by atoms with E-state index >= 15 is 0 Å². The third-order valence-corrected chi connectivity index (χ3v) is 25.5. The van der Waals surface area contributed by atoms with Gasteiger partial charge in [0, 0.05) is 158 Å². The molecule has 141 heavy (non-hydrogen) atoms. The van der Waals surface area contributed by atoms with Gasteiger partial charge in [-0.1, -0.05) is 80.7 Å². The maximum absolute atomic E-state index is 14.7. The van der Waals surface area contributed by atoms with Crippen molar-refractivity contribution < 1.29 is 52.6 Å². The van der Waals surface area contributed by atoms with E-state index in [4.69, 9.17) is 47.4 Å². The highest BCUT2D eigenvalue weighted by molar-refractivity contribution is 7.71. The summed E-state index contributed by atoms with van der Waals surface area (Å²) < 4.78 is 17.3. The van der Waals surface area contributed by atoms with Crippen molar-refractivity contribution in [1.29, 1.82) is 0 Å². The number of pyridine rings is 1. The number of fused-ring (bicyclic) bond motifs is 4. The minimum absolute atomic E-state index is 0.128. The van der Waals surface area contributed by atoms with Gasteiger partial charge in [-0.05, 0) is 175 Å². The summed E-state index contributed by atoms with van der Waals surface area (Å²) in [6.45, 7) is 15.0. The standard InChI is InChI=1S/C101H126N28O11S/c1-8-37-122(64-91(133)123(38-9-2)65-93(135)125(40-11-4)67-95(137)126(63-88(102)130)59-73-61-128(115-113-73)41-17-35-103-89(131)24-15-51-139-77-21-12-19-69(53-77)97-105-79-31-27-71(55-83(79)109-97)99-107-81-33-29-75(57-85(81)111-99)120-47-43-117(5)44-48-120)92(134)66-124(39-10-3)94(136)68-127(101(138)87-23-14-26-96(141)119(87)7)60-74-62-129(116-114-74)42-18-36-104-90(132)25-16-52-140-78-22-13-20-70(54-78)98-106-80-32-28-72(56-84(80)110-98)100-108-82-34-30-76(58-86(82)112-100)121-49-45-118(6)46-50-121/h12-14,19-23,26-34,53-58,61-62H,8-11,15-18,24-25,35-52,59-60,63-68H2,1-7H3,(H2,102,130)(H,103,131)(H,104,132)(H,105,109)(H,106,110)(H,107,111)(H,108,112). The first-order valence-electron chi connectivity index (χ1n) is 48.6. The molecule has 0 aliphatic carbocycles. The number of benzene rings is 6. The molecule has 0 atom stereocenters. The number of nitrogens with two attached hydrogens (primary N) is 1. The lowest BCUT2D eigenvalue weighted by atomic mass is 10.2. The number of hydrogen-bond donors (Lipinski definition) is 7. The van der Waals surface area contributed by atoms with E-state index in [0.717, 1.165) is 130 Å². The Kier molecular flexibility index (Phi) is 34.4. The number of aryl methyl sites for hydroxylation is 2. The molecular formula is C101H126N28O11S. The van der Waals surface area contributed by atoms with Crippen LogP contribution in [-0.4, -0.2) is 325 Å². The van der Waals surface area contributed by atoms with Crippen molar-refractivity contribution in [3.05, 3.63) is 174 Å². The van der Waals surface area contributed by atoms with Crippen LogP contribution in [0.15, 0.2) is 152 Å². The number of likely N-dealkylation sites (N-methyl/N-ethyl adjacent to an activating group) is 2. The van der Waals surface area contributed by atoms with Gasteiger partial charge in [0.05, 0.1) is 116 Å². The van der Waals surface area contributed by atoms with Crippen molar-refractivity contribution >= 4 is 121 Å². The van der Waals surface area contributed by atoms with Crippen molar-refractivity contribution in [2.75, 3.05) is 168 Å². The molecule has 9 heterocycles. The van der Waals surface area contributed by atoms with Gasteiger partial charge in [-0.25, -0.2) is 19.9 Å². The molecule has 9 amide bonds. The van der Waals surface area contributed by atoms with Gasteiger partial charge in [-0.15, -0.1) is 10.2 Å². The number of aromatic amines is 4. The molecule has 39 nitrogen and oxygen atoms in total. The molecule has 0 spiro atoms. The van der Waals surface area contributed by atoms with Crippen LogP contribution in [0.3, 0.4) is 0 Å². The zero-order valence-electron chi connectivity index (χ0n) is 81.3. The lowest BCUT2D eigenvalue weighted by molar-refractivity contribution is -0.147. The summed E-state index contributed by atoms with van der Waals surface area (Å²) in [4.78, 5) is 177. The number of imidazole rings is 4. The fourth-order valence-electron chi connectivity index (χ4n) is 17.4. The predicted molar refractivity (Wildman–Crippen MR) is 540 cm³/mol. The molecule has 2 aliphatic rings. The average molecular weight is 1940 g/mol. The van der Waals surface area contributed by atoms with E-state index in [9.17, 15) is 43.2 Å². The number of ether oxygens (including phenoxy) is 2. The van der Waals surface area contributed by atoms with E-state index in [-0.39, 0.29) is 69.6 Å². The number of carbonyl (C=O) groups excluding carboxylic acids is 9. The van der Waals surface area contributed by atoms with Crippen LogP contribution in [0.5, 0.6) is 11.5 Å². The normalized spacial score (nSPS) is 13.0. The summed E-state index contributed by atoms with van der Waals surface area (Å²) in [5.74, 6) is -0.147. The number of rotatable bonds is 49. The van der Waals surface area contributed by atoms with Crippen molar-refractivity contribution in [3.63, 3.8) is 0 Å². The maximum atomic E-state index is 14.7. The second kappa shape index (κ2) is 48.2. The highest BCUT2D eigenvalue weighted by Crippen LogP contribution is 2.33. The fourth-order valence-corrected chi connectivity index (χ4v) is 17.5. The van der Waals surface area contributed by atoms with Crippen LogP contribution in [0.25, 0.3) is 89.7 Å². The molecule has 0 saturated carbocycles. The maximum Gasteiger partial charge on any atom is 0.271 e. The highest BCUT2D eigenvalue weighted by Gasteiger charge is 2.32. The summed E-state index contributed by atoms with van der Waals surface area (Å²) in [5.41, 5.74) is 19.7. The summed E-state index contributed by atoms with van der Waals surface area (Å²) >= 11 is 5.54. The predicted octanol–water partition coefficient (Wildman–Crippen LogP) is 9.46. The number of anilines is 2. The Labute approximate surface area is 822 Å². The first-order valence-corrected chi connectivity index (χ1v) is 49.0. The fraction of sp³-hybridized carbons (Fsp3) is 0.426. The summed E-state index contributed by atoms with van der Waals surface area (Å²) in [7, 11) is 5.96. The summed E-state index contributed by atoms with van der Waals surface area (Å²) in [6, 6.07) is 45.2. The topological polar surface area (TPSA) is 436 Å². The molecule has 2 aliphatic heterocycles. The van der Waals surface area contributed by atoms with Gasteiger partial charge >= 0.3 is 0 Å². The van der Waals surface area contributed by atoms with Gasteiger partial charge in [0.25, 0.3) is 5.91 Å². The number of nitrogens with one attached hydrogen (secondary N) is 6. The zero-order valence-corrected chi connectivity index (χ0v) is 82.1. The number of hydrogen-bond acceptors (Lipinski definition) is 24. The van der Waals surface area contributed by atoms with E-state index in [1.165, 1.54) is 40.8 Å². The largest absolute Gasteiger partial charge is 0.494 e. The molecule has 13 aromatic rings. The highest BCUT2D eigenvalue weighted by atomic mass is 32.1. The minimum Gasteiger partial charge on any atom is -0.494 e. The monoisotopic (exact) mass is 1940 g/mol. The van der Waals surface area contributed by atoms with Gasteiger partial charge in [-0.3, -0.25) is 52.5 Å². The van der Waals surface area contributed by atoms with Gasteiger partial charge in [-0.2, -0.15) is 0 Å². The molecule has 6 aromatic carbocycles. The van der Waals surface area contributed by atoms with Gasteiger partial charge in [0.15, 0.2) is 0 Å². The van der Waals surface area contributed by atoms with Crippen molar-refractivity contribution in [3.8, 4) is 57.1 Å². The second-order valence-electron chi connectivity index (χ2n) is 36.0. The number of piperazine rings is 2. The number of nitrogens with zero attached hydrogens (tertiary/aromatic N) is 21. The van der Waals surface area contributed by atoms with Gasteiger partial charge in [0.2, 0.25) is 47.3 Å². The first kappa shape index (κ1) is 101. The Balaban J connectivity index is 0.475. The number of amides is 9. The smallest absolute Gasteiger partial charge is 0.271 e. The average Bonchev–Trinajstić information content (AvgIpc) is 1.64. The molecule has 742 valence electrons. The van der Waals surface area contributed by atoms with E-state index in [0.29, 0.717) is 130 Å². The third-order valence-electron chi connectivity index (χ3n) is 25.1. The Morgan fingerprint density at radius 2 is 0.773 bits per heavy atom. The molecular weight excluding hydrogens is 1810 g/mol. The van der Waals surface area contributed by atoms with Crippen molar-refractivity contribution in [1.82, 2.24) is 124 Å². The van der Waals surface area contributed by atoms with Crippen LogP contribution in [0.1, 0.15) is 114 Å². The van der Waals surface area contributed by atoms with Crippen molar-refractivity contribution in [2.45, 2.75) is 118 Å². The lowest BCUT2D eigenvalue weighted by Crippen LogP contribution is -2.52. The minimum atomic E-state index is -0.798. The Hall–Kier alpha value is -14.8. The molecule has 7 aromatic heterocycles. The summed E-state index contributed by atoms with van der Waals surface area (Å²) in [6.07, 6.45) is 7.50. The molecule has 8 N–H and O–H groups in total. The van der Waals surface area contributed by atoms with E-state index in [1.807, 2.05) is 100 Å². The summed E-state index contributed by atoms with van der Waals surface area (Å²) in [5, 5.41) is 23.1. The molecule has 2 fully saturated rings. The third kappa shape index (κ3) is 27.0. The molecule has 0 radical (unpaired) electrons. The van der Waals surface area contributed by atoms with Crippen LogP contribution in [0.4, 0.5) is 11.4 Å². The van der Waals surface area contributed by atoms with Gasteiger partial charge in [0.1, 0.15) is 63.1 Å². The number of H-pyrrole nitrogens is 4. The van der Waals surface area contributed by atoms with E-state index in [2.05, 4.69) is 133 Å². The Morgan fingerprint density at radius 3 is 1.17 bits per heavy atom. The number of carbonyl (C=O) groups is 9. The lowest BCUT2D eigenvalue weighted by Gasteiger charge is -2.34. The van der Waals surface area contributed by atoms with Crippen molar-refractivity contribution in [2.24, 2.45) is 12.8 Å². The van der Waals surface area contributed by atoms with Crippen LogP contribution in [-0.2, 0) is 71.6 Å². The number of primary amides is 1. The quantitative estimate of drug-likeness (QED) is 0.0138. The van der Waals surface area contributed by atoms with Crippen LogP contribution in [0.2, 0.25) is 0 Å². The Bertz CT molecular complexity index is 6620. The van der Waals surface area contributed by atoms with Crippen LogP contribution < -0.4 is 35.6 Å². The SMILES string of the molecule is CCCN(CC(=O)N(CCC)CC(=O)N(CC(N)=O)Cc1cn(CCCNC(=O)CCCOc2cccc(-c3nc4ccc(-c5nc6ccc(N7CCN(C)CC7)cc6[nH]5)cc4[nH]3)c2)nn1)C(=O)CN(CCC)C(=O)CN(CCC)C(=O)CN(Cc1cn(CCCNC(=O)CCCOc2cccc(-c3nc4ccc(-c5nc6ccc(N7CCN(C)CC7)cc6[nH]5)cc4[nH]3)c2)nn1)C(=O)c1cccc(=S)n1C. The number of aromatic nitrogens is 15. The second-order valence-corrected chi connectivity index (χ2v) is 36.5. The molecule has 40 heteroatoms. The Morgan fingerprint density at radius 1 is 0.411 bits per heavy atom. The first-order chi connectivity index (χ1) is 68.4. The zero-order chi connectivity index (χ0) is 99.0. The van der Waals surface area contributed by atoms with E-state index in [1.54, 1.807) is 51.6 Å². The molecule has 15 rings (SSSR count). The van der Waals surface area contributed by atoms with E-state index < -0.39 is 80.6 Å². The van der Waals surface area contributed by atoms with Crippen LogP contribution in [0, 0.1) is 4.64 Å². The van der Waals surface area contributed by atoms with Crippen LogP contribution >= 0.6 is 12.2 Å². The van der Waals surface area contributed by atoms with Gasteiger partial charge < -0.3 is 99.3 Å². The molecule has 2 saturated heterocycles.